The Hall–Kier alpha value is -0.980. The maximum atomic E-state index is 5.48. The lowest BCUT2D eigenvalue weighted by Crippen LogP contribution is -2.39. The van der Waals surface area contributed by atoms with Crippen molar-refractivity contribution in [2.75, 3.05) is 20.2 Å². The summed E-state index contributed by atoms with van der Waals surface area (Å²) in [5.41, 5.74) is 2.40. The molecule has 23 heavy (non-hydrogen) atoms. The number of halogens is 1. The Balaban J connectivity index is 0.00000264. The van der Waals surface area contributed by atoms with Gasteiger partial charge >= 0.3 is 0 Å². The molecule has 1 fully saturated rings. The van der Waals surface area contributed by atoms with Gasteiger partial charge in [0.2, 0.25) is 0 Å². The lowest BCUT2D eigenvalue weighted by Gasteiger charge is -2.20. The average molecular weight is 431 g/mol. The van der Waals surface area contributed by atoms with Gasteiger partial charge in [-0.3, -0.25) is 4.99 Å². The zero-order valence-corrected chi connectivity index (χ0v) is 17.0. The Morgan fingerprint density at radius 2 is 2.13 bits per heavy atom. The number of nitrogens with one attached hydrogen (secondary N) is 2. The summed E-state index contributed by atoms with van der Waals surface area (Å²) < 4.78 is 5.48. The second-order valence-electron chi connectivity index (χ2n) is 6.10. The molecule has 1 unspecified atom stereocenters. The van der Waals surface area contributed by atoms with Crippen molar-refractivity contribution in [2.45, 2.75) is 46.1 Å². The molecule has 5 heteroatoms. The van der Waals surface area contributed by atoms with Gasteiger partial charge in [0.05, 0.1) is 13.2 Å². The zero-order valence-electron chi connectivity index (χ0n) is 14.7. The number of aliphatic imine (C=N–C) groups is 1. The van der Waals surface area contributed by atoms with Crippen LogP contribution in [0.15, 0.2) is 23.2 Å². The predicted molar refractivity (Wildman–Crippen MR) is 108 cm³/mol. The fourth-order valence-electron chi connectivity index (χ4n) is 2.56. The van der Waals surface area contributed by atoms with Crippen LogP contribution in [-0.4, -0.2) is 26.2 Å². The van der Waals surface area contributed by atoms with Gasteiger partial charge in [-0.25, -0.2) is 0 Å². The summed E-state index contributed by atoms with van der Waals surface area (Å²) in [6, 6.07) is 6.42. The van der Waals surface area contributed by atoms with Crippen molar-refractivity contribution < 1.29 is 4.74 Å². The molecule has 1 aliphatic carbocycles. The van der Waals surface area contributed by atoms with E-state index in [9.17, 15) is 0 Å². The van der Waals surface area contributed by atoms with Gasteiger partial charge in [-0.2, -0.15) is 0 Å². The van der Waals surface area contributed by atoms with E-state index in [1.54, 1.807) is 7.11 Å². The summed E-state index contributed by atoms with van der Waals surface area (Å²) in [6.45, 7) is 8.11. The number of nitrogens with zero attached hydrogens (tertiary/aromatic N) is 1. The Kier molecular flexibility index (Phi) is 8.73. The van der Waals surface area contributed by atoms with Crippen molar-refractivity contribution >= 4 is 29.9 Å². The van der Waals surface area contributed by atoms with Crippen LogP contribution in [0.5, 0.6) is 5.75 Å². The van der Waals surface area contributed by atoms with Crippen molar-refractivity contribution in [3.05, 3.63) is 29.3 Å². The number of benzene rings is 1. The van der Waals surface area contributed by atoms with Crippen LogP contribution in [0.4, 0.5) is 0 Å². The second-order valence-corrected chi connectivity index (χ2v) is 6.10. The molecule has 2 N–H and O–H groups in total. The van der Waals surface area contributed by atoms with Gasteiger partial charge in [0.15, 0.2) is 5.96 Å². The van der Waals surface area contributed by atoms with Crippen LogP contribution in [-0.2, 0) is 0 Å². The largest absolute Gasteiger partial charge is 0.496 e. The molecule has 0 radical (unpaired) electrons. The molecule has 4 nitrogen and oxygen atoms in total. The van der Waals surface area contributed by atoms with Crippen LogP contribution in [0.2, 0.25) is 0 Å². The summed E-state index contributed by atoms with van der Waals surface area (Å²) in [5, 5.41) is 6.82. The monoisotopic (exact) mass is 431 g/mol. The summed E-state index contributed by atoms with van der Waals surface area (Å²) in [6.07, 6.45) is 3.98. The van der Waals surface area contributed by atoms with E-state index < -0.39 is 0 Å². The molecule has 1 aromatic carbocycles. The van der Waals surface area contributed by atoms with Gasteiger partial charge in [0, 0.05) is 18.7 Å². The lowest BCUT2D eigenvalue weighted by molar-refractivity contribution is 0.405. The molecule has 0 aliphatic heterocycles. The Morgan fingerprint density at radius 3 is 2.74 bits per heavy atom. The molecule has 0 spiro atoms. The maximum absolute atomic E-state index is 5.48. The minimum atomic E-state index is 0. The van der Waals surface area contributed by atoms with Crippen molar-refractivity contribution in [3.63, 3.8) is 0 Å². The van der Waals surface area contributed by atoms with Crippen LogP contribution in [0, 0.1) is 12.8 Å². The normalized spacial score (nSPS) is 15.6. The van der Waals surface area contributed by atoms with Crippen LogP contribution < -0.4 is 15.4 Å². The maximum Gasteiger partial charge on any atom is 0.191 e. The van der Waals surface area contributed by atoms with Gasteiger partial charge in [0.25, 0.3) is 0 Å². The zero-order chi connectivity index (χ0) is 15.9. The quantitative estimate of drug-likeness (QED) is 0.389. The van der Waals surface area contributed by atoms with Crippen molar-refractivity contribution in [3.8, 4) is 5.75 Å². The van der Waals surface area contributed by atoms with Gasteiger partial charge in [-0.15, -0.1) is 24.0 Å². The first-order valence-corrected chi connectivity index (χ1v) is 8.33. The third-order valence-corrected chi connectivity index (χ3v) is 4.05. The van der Waals surface area contributed by atoms with Crippen LogP contribution in [0.1, 0.15) is 50.3 Å². The van der Waals surface area contributed by atoms with Crippen LogP contribution >= 0.6 is 24.0 Å². The van der Waals surface area contributed by atoms with Gasteiger partial charge in [-0.05, 0) is 39.2 Å². The van der Waals surface area contributed by atoms with Gasteiger partial charge < -0.3 is 15.4 Å². The Morgan fingerprint density at radius 1 is 1.39 bits per heavy atom. The molecule has 130 valence electrons. The van der Waals surface area contributed by atoms with Crippen molar-refractivity contribution in [2.24, 2.45) is 10.9 Å². The van der Waals surface area contributed by atoms with E-state index >= 15 is 0 Å². The van der Waals surface area contributed by atoms with E-state index in [1.165, 1.54) is 24.8 Å². The minimum Gasteiger partial charge on any atom is -0.496 e. The molecule has 2 rings (SSSR count). The third kappa shape index (κ3) is 6.57. The topological polar surface area (TPSA) is 45.7 Å². The Labute approximate surface area is 157 Å². The van der Waals surface area contributed by atoms with Crippen molar-refractivity contribution in [1.29, 1.82) is 0 Å². The SMILES string of the molecule is CCNC(=NCCC1CC1)NC(C)c1cc(C)ccc1OC.I. The highest BCUT2D eigenvalue weighted by Gasteiger charge is 2.20. The number of aryl methyl sites for hydroxylation is 1. The number of hydrogen-bond acceptors (Lipinski definition) is 2. The number of ether oxygens (including phenoxy) is 1. The van der Waals surface area contributed by atoms with E-state index in [1.807, 2.05) is 6.07 Å². The molecule has 0 saturated heterocycles. The number of guanidine groups is 1. The first kappa shape index (κ1) is 20.1. The highest BCUT2D eigenvalue weighted by molar-refractivity contribution is 14.0. The van der Waals surface area contributed by atoms with E-state index in [2.05, 4.69) is 43.5 Å². The molecule has 0 bridgehead atoms. The first-order chi connectivity index (χ1) is 10.6. The lowest BCUT2D eigenvalue weighted by atomic mass is 10.0. The Bertz CT molecular complexity index is 515. The smallest absolute Gasteiger partial charge is 0.191 e. The van der Waals surface area contributed by atoms with Crippen LogP contribution in [0.3, 0.4) is 0 Å². The number of hydrogen-bond donors (Lipinski definition) is 2. The molecule has 0 aromatic heterocycles. The summed E-state index contributed by atoms with van der Waals surface area (Å²) >= 11 is 0. The molecule has 1 saturated carbocycles. The summed E-state index contributed by atoms with van der Waals surface area (Å²) in [5.74, 6) is 2.72. The fourth-order valence-corrected chi connectivity index (χ4v) is 2.56. The van der Waals surface area contributed by atoms with E-state index in [0.29, 0.717) is 0 Å². The van der Waals surface area contributed by atoms with E-state index in [0.717, 1.165) is 36.3 Å². The minimum absolute atomic E-state index is 0. The second kappa shape index (κ2) is 10.0. The standard InChI is InChI=1S/C18H29N3O.HI/c1-5-19-18(20-11-10-15-7-8-15)21-14(3)16-12-13(2)6-9-17(16)22-4;/h6,9,12,14-15H,5,7-8,10-11H2,1-4H3,(H2,19,20,21);1H. The molecular weight excluding hydrogens is 401 g/mol. The van der Waals surface area contributed by atoms with Gasteiger partial charge in [-0.1, -0.05) is 30.5 Å². The first-order valence-electron chi connectivity index (χ1n) is 8.33. The fraction of sp³-hybridized carbons (Fsp3) is 0.611. The molecule has 0 amide bonds. The highest BCUT2D eigenvalue weighted by Crippen LogP contribution is 2.32. The predicted octanol–water partition coefficient (Wildman–Crippen LogP) is 4.04. The summed E-state index contributed by atoms with van der Waals surface area (Å²) in [4.78, 5) is 4.69. The van der Waals surface area contributed by atoms with Crippen molar-refractivity contribution in [1.82, 2.24) is 10.6 Å². The van der Waals surface area contributed by atoms with Crippen LogP contribution in [0.25, 0.3) is 0 Å². The molecule has 1 aliphatic rings. The summed E-state index contributed by atoms with van der Waals surface area (Å²) in [7, 11) is 1.72. The molecule has 1 atom stereocenters. The molecule has 0 heterocycles. The van der Waals surface area contributed by atoms with E-state index in [4.69, 9.17) is 9.73 Å². The average Bonchev–Trinajstić information content (AvgIpc) is 3.31. The van der Waals surface area contributed by atoms with E-state index in [-0.39, 0.29) is 30.0 Å². The number of methoxy groups -OCH3 is 1. The third-order valence-electron chi connectivity index (χ3n) is 4.05. The highest BCUT2D eigenvalue weighted by atomic mass is 127. The molecule has 1 aromatic rings. The number of rotatable bonds is 7. The van der Waals surface area contributed by atoms with Gasteiger partial charge in [0.1, 0.15) is 5.75 Å². The molecular formula is C18H30IN3O.